The molecule has 190 valence electrons. The van der Waals surface area contributed by atoms with Crippen LogP contribution in [0.1, 0.15) is 33.6 Å². The van der Waals surface area contributed by atoms with Crippen molar-refractivity contribution in [2.24, 2.45) is 0 Å². The van der Waals surface area contributed by atoms with Gasteiger partial charge in [-0.3, -0.25) is 4.98 Å². The molecular weight excluding hydrogens is 496 g/mol. The zero-order valence-electron chi connectivity index (χ0n) is 22.7. The van der Waals surface area contributed by atoms with E-state index in [-0.39, 0.29) is 0 Å². The Morgan fingerprint density at radius 1 is 0.395 bits per heavy atom. The highest BCUT2D eigenvalue weighted by atomic mass is 31.1. The average molecular weight is 532 g/mol. The Kier molecular flexibility index (Phi) is 8.48. The summed E-state index contributed by atoms with van der Waals surface area (Å²) in [4.78, 5) is 5.31. The molecule has 0 aliphatic carbocycles. The summed E-state index contributed by atoms with van der Waals surface area (Å²) < 4.78 is 0. The predicted molar refractivity (Wildman–Crippen MR) is 169 cm³/mol. The van der Waals surface area contributed by atoms with Crippen LogP contribution in [-0.4, -0.2) is 4.98 Å². The Morgan fingerprint density at radius 2 is 0.684 bits per heavy atom. The second-order valence-electron chi connectivity index (χ2n) is 9.94. The third-order valence-corrected chi connectivity index (χ3v) is 12.7. The predicted octanol–water partition coefficient (Wildman–Crippen LogP) is 7.58. The van der Waals surface area contributed by atoms with Gasteiger partial charge in [0.15, 0.2) is 0 Å². The lowest BCUT2D eigenvalue weighted by atomic mass is 10.2. The number of rotatable bonds is 8. The smallest absolute Gasteiger partial charge is 0.0456 e. The molecule has 0 amide bonds. The fraction of sp³-hybridized carbons (Fsp3) is 0.171. The van der Waals surface area contributed by atoms with Crippen LogP contribution in [0.3, 0.4) is 0 Å². The number of aryl methyl sites for hydroxylation is 4. The summed E-state index contributed by atoms with van der Waals surface area (Å²) in [7, 11) is -1.11. The molecule has 0 aliphatic rings. The molecule has 0 aliphatic heterocycles. The fourth-order valence-electron chi connectivity index (χ4n) is 5.09. The summed E-state index contributed by atoms with van der Waals surface area (Å²) in [5.41, 5.74) is 7.82. The molecule has 0 radical (unpaired) electrons. The van der Waals surface area contributed by atoms with Crippen molar-refractivity contribution in [1.29, 1.82) is 0 Å². The summed E-state index contributed by atoms with van der Waals surface area (Å²) in [6, 6.07) is 42.1. The molecular formula is C35H35NP2. The molecule has 0 N–H and O–H groups in total. The number of aromatic nitrogens is 1. The molecule has 0 spiro atoms. The van der Waals surface area contributed by atoms with E-state index in [4.69, 9.17) is 4.98 Å². The van der Waals surface area contributed by atoms with Gasteiger partial charge in [-0.2, -0.15) is 0 Å². The molecule has 1 aromatic heterocycles. The first-order chi connectivity index (χ1) is 18.5. The van der Waals surface area contributed by atoms with Gasteiger partial charge in [0.25, 0.3) is 0 Å². The minimum atomic E-state index is -0.557. The third-order valence-electron chi connectivity index (χ3n) is 7.13. The van der Waals surface area contributed by atoms with Gasteiger partial charge >= 0.3 is 0 Å². The monoisotopic (exact) mass is 531 g/mol. The average Bonchev–Trinajstić information content (AvgIpc) is 2.93. The van der Waals surface area contributed by atoms with E-state index < -0.39 is 15.8 Å². The summed E-state index contributed by atoms with van der Waals surface area (Å²) in [5.74, 6) is 0. The van der Waals surface area contributed by atoms with Crippen LogP contribution in [-0.2, 0) is 12.3 Å². The Hall–Kier alpha value is -3.11. The van der Waals surface area contributed by atoms with Crippen molar-refractivity contribution in [3.8, 4) is 0 Å². The molecule has 0 saturated heterocycles. The Bertz CT molecular complexity index is 1340. The molecule has 0 fully saturated rings. The van der Waals surface area contributed by atoms with Gasteiger partial charge in [0.1, 0.15) is 0 Å². The van der Waals surface area contributed by atoms with E-state index in [9.17, 15) is 0 Å². The van der Waals surface area contributed by atoms with Crippen molar-refractivity contribution in [2.45, 2.75) is 40.0 Å². The highest BCUT2D eigenvalue weighted by Crippen LogP contribution is 2.41. The molecule has 0 atom stereocenters. The lowest BCUT2D eigenvalue weighted by molar-refractivity contribution is 1.09. The molecule has 1 nitrogen and oxygen atoms in total. The maximum atomic E-state index is 5.31. The van der Waals surface area contributed by atoms with Crippen molar-refractivity contribution >= 4 is 37.1 Å². The van der Waals surface area contributed by atoms with E-state index >= 15 is 0 Å². The molecule has 5 aromatic rings. The molecule has 38 heavy (non-hydrogen) atoms. The lowest BCUT2D eigenvalue weighted by Gasteiger charge is -2.24. The number of hydrogen-bond acceptors (Lipinski definition) is 1. The van der Waals surface area contributed by atoms with Gasteiger partial charge in [0, 0.05) is 23.7 Å². The highest BCUT2D eigenvalue weighted by molar-refractivity contribution is 7.72. The summed E-state index contributed by atoms with van der Waals surface area (Å²) >= 11 is 0. The molecule has 0 bridgehead atoms. The summed E-state index contributed by atoms with van der Waals surface area (Å²) in [6.07, 6.45) is 1.90. The standard InChI is InChI=1S/C35H35NP2/c1-26-14-5-9-20-32(26)37(33-21-10-6-15-27(33)2)24-30-18-13-19-31(36-30)25-38(34-22-11-7-16-28(34)3)35-23-12-8-17-29(35)4/h5-23H,24-25H2,1-4H3. The zero-order valence-corrected chi connectivity index (χ0v) is 24.5. The normalized spacial score (nSPS) is 11.3. The maximum Gasteiger partial charge on any atom is 0.0456 e. The number of pyridine rings is 1. The van der Waals surface area contributed by atoms with Crippen LogP contribution in [0, 0.1) is 27.7 Å². The Labute approximate surface area is 230 Å². The van der Waals surface area contributed by atoms with Crippen LogP contribution in [0.15, 0.2) is 115 Å². The van der Waals surface area contributed by atoms with Crippen LogP contribution < -0.4 is 21.2 Å². The van der Waals surface area contributed by atoms with Crippen LogP contribution in [0.2, 0.25) is 0 Å². The molecule has 0 unspecified atom stereocenters. The second kappa shape index (κ2) is 12.2. The Balaban J connectivity index is 1.51. The van der Waals surface area contributed by atoms with Gasteiger partial charge in [0.2, 0.25) is 0 Å². The summed E-state index contributed by atoms with van der Waals surface area (Å²) in [5, 5.41) is 5.80. The number of hydrogen-bond donors (Lipinski definition) is 0. The molecule has 3 heteroatoms. The first-order valence-corrected chi connectivity index (χ1v) is 16.3. The van der Waals surface area contributed by atoms with E-state index in [2.05, 4.69) is 143 Å². The van der Waals surface area contributed by atoms with Crippen molar-refractivity contribution in [2.75, 3.05) is 0 Å². The number of benzene rings is 4. The topological polar surface area (TPSA) is 12.9 Å². The number of nitrogens with zero attached hydrogens (tertiary/aromatic N) is 1. The SMILES string of the molecule is Cc1ccccc1P(Cc1cccc(CP(c2ccccc2C)c2ccccc2C)n1)c1ccccc1C. The van der Waals surface area contributed by atoms with Gasteiger partial charge in [-0.25, -0.2) is 0 Å². The van der Waals surface area contributed by atoms with Gasteiger partial charge < -0.3 is 0 Å². The largest absolute Gasteiger partial charge is 0.257 e. The van der Waals surface area contributed by atoms with E-state index in [0.717, 1.165) is 12.3 Å². The Morgan fingerprint density at radius 3 is 0.974 bits per heavy atom. The van der Waals surface area contributed by atoms with Crippen LogP contribution >= 0.6 is 15.8 Å². The van der Waals surface area contributed by atoms with E-state index in [1.54, 1.807) is 0 Å². The maximum absolute atomic E-state index is 5.31. The third kappa shape index (κ3) is 5.96. The van der Waals surface area contributed by atoms with Crippen LogP contribution in [0.25, 0.3) is 0 Å². The second-order valence-corrected chi connectivity index (χ2v) is 14.2. The quantitative estimate of drug-likeness (QED) is 0.188. The van der Waals surface area contributed by atoms with Crippen molar-refractivity contribution < 1.29 is 0 Å². The first kappa shape index (κ1) is 26.5. The fourth-order valence-corrected chi connectivity index (χ4v) is 10.4. The molecule has 1 heterocycles. The van der Waals surface area contributed by atoms with Crippen LogP contribution in [0.5, 0.6) is 0 Å². The van der Waals surface area contributed by atoms with Gasteiger partial charge in [-0.15, -0.1) is 0 Å². The van der Waals surface area contributed by atoms with E-state index in [1.807, 2.05) is 0 Å². The van der Waals surface area contributed by atoms with E-state index in [0.29, 0.717) is 0 Å². The van der Waals surface area contributed by atoms with Crippen molar-refractivity contribution in [3.63, 3.8) is 0 Å². The summed E-state index contributed by atoms with van der Waals surface area (Å²) in [6.45, 7) is 8.96. The zero-order chi connectivity index (χ0) is 26.5. The minimum Gasteiger partial charge on any atom is -0.257 e. The van der Waals surface area contributed by atoms with Crippen molar-refractivity contribution in [3.05, 3.63) is 149 Å². The van der Waals surface area contributed by atoms with Gasteiger partial charge in [-0.05, 0) is 99.1 Å². The first-order valence-electron chi connectivity index (χ1n) is 13.2. The minimum absolute atomic E-state index is 0.557. The van der Waals surface area contributed by atoms with Gasteiger partial charge in [0.05, 0.1) is 0 Å². The lowest BCUT2D eigenvalue weighted by Crippen LogP contribution is -2.19. The van der Waals surface area contributed by atoms with Gasteiger partial charge in [-0.1, -0.05) is 103 Å². The molecule has 4 aromatic carbocycles. The van der Waals surface area contributed by atoms with E-state index in [1.165, 1.54) is 54.9 Å². The van der Waals surface area contributed by atoms with Crippen molar-refractivity contribution in [1.82, 2.24) is 4.98 Å². The van der Waals surface area contributed by atoms with Crippen LogP contribution in [0.4, 0.5) is 0 Å². The molecule has 5 rings (SSSR count). The highest BCUT2D eigenvalue weighted by Gasteiger charge is 2.21. The molecule has 0 saturated carbocycles.